The van der Waals surface area contributed by atoms with Gasteiger partial charge in [0.1, 0.15) is 15.7 Å². The van der Waals surface area contributed by atoms with E-state index in [9.17, 15) is 0 Å². The molecule has 337 valence electrons. The maximum absolute atomic E-state index is 7.18. The summed E-state index contributed by atoms with van der Waals surface area (Å²) in [5, 5.41) is 5.30. The molecule has 4 heterocycles. The summed E-state index contributed by atoms with van der Waals surface area (Å²) in [6.07, 6.45) is 0. The quantitative estimate of drug-likeness (QED) is 0.241. The Labute approximate surface area is 475 Å². The maximum atomic E-state index is 7.18. The molecule has 4 aromatic heterocycles. The van der Waals surface area contributed by atoms with Crippen LogP contribution in [0.1, 0.15) is 6.92 Å². The van der Waals surface area contributed by atoms with Gasteiger partial charge in [0.05, 0.1) is 13.4 Å². The van der Waals surface area contributed by atoms with E-state index in [1.165, 1.54) is 6.82 Å². The molecule has 0 N–H and O–H groups in total. The SMILES string of the molecule is [B]/C(C)=C([B])/C(=c1\c(=[B])oc2c([B])c([B])c([B])c([B])c12)n1c2ccc(-c3ccc4c(c3)c3ccccc3n4-c3ccc(-c4ccccc4)cc3)cc2c2ccc(-c3c([B])c([B])c([B])c4oc5cc([B])c([B])c([B])c5c34)cc21.[B]C. The van der Waals surface area contributed by atoms with Crippen molar-refractivity contribution in [2.45, 2.75) is 13.7 Å². The summed E-state index contributed by atoms with van der Waals surface area (Å²) in [5.74, 6) is 0. The standard InChI is InChI=1S/C60H26B13N2O2.CH3B/c1-25(61)47(63)57(46-45-51(67)52(68)54(70)56(72)59(45)77-60(46)73)75-39-20-15-29(28-14-19-38-34(21-28)32-9-5-6-10-37(32)74(38)31-16-11-27(12-17-31)26-7-3-2-4-8-26)22-35(39)33-18-13-30(23-40(33)75)42-44-43-41(24-36(62)48(64)50(43)66)76-58(44)55(71)53(69)49(42)65;1-2/h2-24H,1H3;1H3/b47-25-,57-46+;. The Morgan fingerprint density at radius 2 is 0.949 bits per heavy atom. The van der Waals surface area contributed by atoms with Crippen LogP contribution >= 0.6 is 0 Å². The van der Waals surface area contributed by atoms with E-state index in [-0.39, 0.29) is 87.3 Å². The van der Waals surface area contributed by atoms with Crippen molar-refractivity contribution >= 4 is 246 Å². The smallest absolute Gasteiger partial charge is 0.0606 e. The Balaban J connectivity index is 0.00000308. The minimum atomic E-state index is -0.0700. The summed E-state index contributed by atoms with van der Waals surface area (Å²) in [7, 11) is 91.3. The third-order valence-corrected chi connectivity index (χ3v) is 15.2. The number of fused-ring (bicyclic) bond motifs is 10. The normalized spacial score (nSPS) is 12.5. The first-order valence-corrected chi connectivity index (χ1v) is 25.1. The molecule has 4 nitrogen and oxygen atoms in total. The van der Waals surface area contributed by atoms with Crippen LogP contribution in [0.4, 0.5) is 0 Å². The monoisotopic (exact) mass is 975 g/mol. The van der Waals surface area contributed by atoms with Crippen molar-refractivity contribution in [1.82, 2.24) is 9.13 Å². The van der Waals surface area contributed by atoms with Crippen LogP contribution in [0.15, 0.2) is 159 Å². The van der Waals surface area contributed by atoms with E-state index in [2.05, 4.69) is 103 Å². The Morgan fingerprint density at radius 3 is 1.63 bits per heavy atom. The second-order valence-corrected chi connectivity index (χ2v) is 19.5. The third kappa shape index (κ3) is 7.89. The van der Waals surface area contributed by atoms with Gasteiger partial charge in [-0.05, 0) is 29.3 Å². The van der Waals surface area contributed by atoms with Crippen molar-refractivity contribution in [3.63, 3.8) is 0 Å². The Morgan fingerprint density at radius 1 is 0.418 bits per heavy atom. The summed E-state index contributed by atoms with van der Waals surface area (Å²) < 4.78 is 16.8. The van der Waals surface area contributed by atoms with E-state index >= 15 is 0 Å². The largest absolute Gasteiger partial charge is 0.0999 e. The van der Waals surface area contributed by atoms with Gasteiger partial charge in [0.2, 0.25) is 0 Å². The topological polar surface area (TPSA) is 36.1 Å². The van der Waals surface area contributed by atoms with Crippen molar-refractivity contribution in [3.05, 3.63) is 161 Å². The fourth-order valence-corrected chi connectivity index (χ4v) is 11.3. The fraction of sp³-hybridized carbons (Fsp3) is 0.0328. The zero-order valence-corrected chi connectivity index (χ0v) is 43.1. The van der Waals surface area contributed by atoms with Crippen molar-refractivity contribution < 1.29 is 8.83 Å². The van der Waals surface area contributed by atoms with Gasteiger partial charge in [0.25, 0.3) is 0 Å². The molecular formula is C61H29B14N2O2. The third-order valence-electron chi connectivity index (χ3n) is 15.2. The Hall–Kier alpha value is -7.56. The summed E-state index contributed by atoms with van der Waals surface area (Å²) >= 11 is 0. The summed E-state index contributed by atoms with van der Waals surface area (Å²) in [4.78, 5) is 0. The first kappa shape index (κ1) is 52.2. The number of allylic oxidation sites excluding steroid dienone is 2. The minimum Gasteiger partial charge on any atom is -0.0999 e. The maximum Gasteiger partial charge on any atom is 0.0606 e. The van der Waals surface area contributed by atoms with Gasteiger partial charge in [0.15, 0.2) is 0 Å². The van der Waals surface area contributed by atoms with Crippen LogP contribution < -0.4 is 59.8 Å². The zero-order valence-electron chi connectivity index (χ0n) is 43.1. The molecule has 0 amide bonds. The number of rotatable bonds is 6. The van der Waals surface area contributed by atoms with Crippen molar-refractivity contribution in [3.8, 4) is 39.1 Å². The van der Waals surface area contributed by atoms with E-state index in [0.717, 1.165) is 60.5 Å². The van der Waals surface area contributed by atoms with Crippen molar-refractivity contribution in [1.29, 1.82) is 0 Å². The van der Waals surface area contributed by atoms with Gasteiger partial charge in [-0.2, -0.15) is 0 Å². The van der Waals surface area contributed by atoms with Crippen LogP contribution in [0, 0.1) is 5.31 Å². The molecule has 0 saturated heterocycles. The first-order valence-electron chi connectivity index (χ1n) is 25.1. The molecule has 0 saturated carbocycles. The molecular weight excluding hydrogens is 944 g/mol. The summed E-state index contributed by atoms with van der Waals surface area (Å²) in [6, 6.07) is 47.8. The van der Waals surface area contributed by atoms with Crippen LogP contribution in [0.5, 0.6) is 0 Å². The van der Waals surface area contributed by atoms with Crippen molar-refractivity contribution in [2.75, 3.05) is 0 Å². The predicted molar refractivity (Wildman–Crippen MR) is 346 cm³/mol. The molecule has 0 atom stereocenters. The van der Waals surface area contributed by atoms with E-state index in [1.54, 1.807) is 13.0 Å². The summed E-state index contributed by atoms with van der Waals surface area (Å²) in [5.41, 5.74) is 12.6. The number of hydrogen-bond donors (Lipinski definition) is 0. The summed E-state index contributed by atoms with van der Waals surface area (Å²) in [6.45, 7) is 3.18. The molecule has 0 aliphatic heterocycles. The zero-order chi connectivity index (χ0) is 55.6. The molecule has 13 aromatic rings. The molecule has 0 unspecified atom stereocenters. The Bertz CT molecular complexity index is 4920. The van der Waals surface area contributed by atoms with Gasteiger partial charge in [0, 0.05) is 5.69 Å². The van der Waals surface area contributed by atoms with Gasteiger partial charge in [-0.15, -0.1) is 5.46 Å². The van der Waals surface area contributed by atoms with Crippen LogP contribution in [0.2, 0.25) is 6.82 Å². The first-order chi connectivity index (χ1) is 38.0. The molecule has 79 heavy (non-hydrogen) atoms. The number of aromatic nitrogens is 2. The Kier molecular flexibility index (Phi) is 13.0. The number of furan rings is 2. The second-order valence-electron chi connectivity index (χ2n) is 19.5. The van der Waals surface area contributed by atoms with Gasteiger partial charge in [-0.1, -0.05) is 67.5 Å². The molecule has 0 aliphatic carbocycles. The van der Waals surface area contributed by atoms with Crippen LogP contribution in [-0.4, -0.2) is 119 Å². The number of nitrogens with zero attached hydrogens (tertiary/aromatic N) is 2. The van der Waals surface area contributed by atoms with Crippen molar-refractivity contribution in [2.24, 2.45) is 0 Å². The predicted octanol–water partition coefficient (Wildman–Crippen LogP) is 2.32. The molecule has 13 rings (SSSR count). The number of benzene rings is 9. The minimum absolute atomic E-state index is 0.0491. The molecule has 0 bridgehead atoms. The van der Waals surface area contributed by atoms with Crippen LogP contribution in [0.3, 0.4) is 0 Å². The average Bonchev–Trinajstić information content (AvgIpc) is 3.85. The van der Waals surface area contributed by atoms with Gasteiger partial charge in [-0.25, -0.2) is 0 Å². The fourth-order valence-electron chi connectivity index (χ4n) is 11.3. The molecule has 9 aromatic carbocycles. The molecule has 0 spiro atoms. The number of para-hydroxylation sites is 1. The van der Waals surface area contributed by atoms with E-state index < -0.39 is 0 Å². The van der Waals surface area contributed by atoms with Crippen LogP contribution in [-0.2, 0) is 0 Å². The van der Waals surface area contributed by atoms with Gasteiger partial charge >= 0.3 is 337 Å². The average molecular weight is 973 g/mol. The molecule has 0 fully saturated rings. The van der Waals surface area contributed by atoms with Gasteiger partial charge < -0.3 is 4.57 Å². The van der Waals surface area contributed by atoms with E-state index in [1.807, 2.05) is 47.0 Å². The van der Waals surface area contributed by atoms with E-state index in [0.29, 0.717) is 49.6 Å². The number of hydrogen-bond acceptors (Lipinski definition) is 2. The molecule has 18 heteroatoms. The van der Waals surface area contributed by atoms with Gasteiger partial charge in [-0.3, -0.25) is 0 Å². The van der Waals surface area contributed by atoms with Crippen LogP contribution in [0.25, 0.3) is 121 Å². The second kappa shape index (κ2) is 19.7. The van der Waals surface area contributed by atoms with E-state index in [4.69, 9.17) is 110 Å². The molecule has 0 aliphatic rings. The molecule has 27 radical (unpaired) electrons.